The summed E-state index contributed by atoms with van der Waals surface area (Å²) in [6, 6.07) is 20.4. The van der Waals surface area contributed by atoms with Crippen molar-refractivity contribution in [3.63, 3.8) is 0 Å². The van der Waals surface area contributed by atoms with Crippen molar-refractivity contribution in [1.29, 1.82) is 0 Å². The van der Waals surface area contributed by atoms with Crippen molar-refractivity contribution in [3.8, 4) is 0 Å². The van der Waals surface area contributed by atoms with E-state index in [0.717, 1.165) is 10.4 Å². The lowest BCUT2D eigenvalue weighted by Crippen LogP contribution is -2.50. The number of rotatable bonds is 7. The summed E-state index contributed by atoms with van der Waals surface area (Å²) in [5.41, 5.74) is 1.91. The molecule has 3 amide bonds. The summed E-state index contributed by atoms with van der Waals surface area (Å²) in [7, 11) is 0. The van der Waals surface area contributed by atoms with Gasteiger partial charge in [-0.25, -0.2) is 0 Å². The molecule has 1 aliphatic rings. The second-order valence-corrected chi connectivity index (χ2v) is 8.76. The number of nitrogens with zero attached hydrogens (tertiary/aromatic N) is 2. The van der Waals surface area contributed by atoms with Gasteiger partial charge in [0, 0.05) is 32.7 Å². The maximum absolute atomic E-state index is 12.7. The first-order valence-corrected chi connectivity index (χ1v) is 11.7. The highest BCUT2D eigenvalue weighted by Crippen LogP contribution is 2.16. The van der Waals surface area contributed by atoms with Crippen LogP contribution in [0.5, 0.6) is 0 Å². The lowest BCUT2D eigenvalue weighted by Gasteiger charge is -2.34. The molecular weight excluding hydrogens is 436 g/mol. The summed E-state index contributed by atoms with van der Waals surface area (Å²) >= 11 is 1.44. The summed E-state index contributed by atoms with van der Waals surface area (Å²) in [4.78, 5) is 42.4. The Kier molecular flexibility index (Phi) is 7.49. The van der Waals surface area contributed by atoms with E-state index in [4.69, 9.17) is 0 Å². The van der Waals surface area contributed by atoms with E-state index in [1.165, 1.54) is 11.3 Å². The predicted octanol–water partition coefficient (Wildman–Crippen LogP) is 3.07. The van der Waals surface area contributed by atoms with E-state index in [1.807, 2.05) is 57.6 Å². The number of para-hydroxylation sites is 1. The van der Waals surface area contributed by atoms with E-state index in [2.05, 4.69) is 10.6 Å². The van der Waals surface area contributed by atoms with Gasteiger partial charge in [-0.2, -0.15) is 0 Å². The van der Waals surface area contributed by atoms with E-state index >= 15 is 0 Å². The Hall–Kier alpha value is -3.49. The molecule has 4 rings (SSSR count). The molecule has 0 radical (unpaired) electrons. The van der Waals surface area contributed by atoms with Crippen molar-refractivity contribution in [2.75, 3.05) is 38.0 Å². The number of thiophene rings is 1. The second kappa shape index (κ2) is 10.9. The van der Waals surface area contributed by atoms with E-state index in [-0.39, 0.29) is 24.3 Å². The minimum Gasteiger partial charge on any atom is -0.348 e. The van der Waals surface area contributed by atoms with E-state index in [9.17, 15) is 14.4 Å². The van der Waals surface area contributed by atoms with Crippen LogP contribution in [0.2, 0.25) is 0 Å². The molecule has 0 unspecified atom stereocenters. The molecule has 0 aliphatic carbocycles. The zero-order valence-electron chi connectivity index (χ0n) is 18.2. The Morgan fingerprint density at radius 1 is 0.848 bits per heavy atom. The topological polar surface area (TPSA) is 81.8 Å². The van der Waals surface area contributed by atoms with Crippen LogP contribution in [0.25, 0.3) is 0 Å². The lowest BCUT2D eigenvalue weighted by atomic mass is 10.1. The van der Waals surface area contributed by atoms with Crippen molar-refractivity contribution in [1.82, 2.24) is 15.1 Å². The molecule has 1 saturated heterocycles. The van der Waals surface area contributed by atoms with Crippen LogP contribution in [0.3, 0.4) is 0 Å². The van der Waals surface area contributed by atoms with Crippen molar-refractivity contribution < 1.29 is 14.4 Å². The van der Waals surface area contributed by atoms with Gasteiger partial charge in [0.1, 0.15) is 0 Å². The van der Waals surface area contributed by atoms with Crippen LogP contribution in [0.15, 0.2) is 72.1 Å². The average Bonchev–Trinajstić information content (AvgIpc) is 3.39. The van der Waals surface area contributed by atoms with Crippen LogP contribution in [-0.4, -0.2) is 60.2 Å². The fourth-order valence-corrected chi connectivity index (χ4v) is 4.41. The Bertz CT molecular complexity index is 1090. The molecule has 7 nitrogen and oxygen atoms in total. The summed E-state index contributed by atoms with van der Waals surface area (Å²) < 4.78 is 0. The molecule has 0 atom stereocenters. The Morgan fingerprint density at radius 3 is 2.30 bits per heavy atom. The van der Waals surface area contributed by atoms with Crippen LogP contribution < -0.4 is 10.6 Å². The number of nitrogens with one attached hydrogen (secondary N) is 2. The number of carbonyl (C=O) groups excluding carboxylic acids is 3. The molecule has 1 aromatic heterocycles. The molecule has 33 heavy (non-hydrogen) atoms. The highest BCUT2D eigenvalue weighted by atomic mass is 32.1. The summed E-state index contributed by atoms with van der Waals surface area (Å²) in [6.07, 6.45) is 0. The summed E-state index contributed by atoms with van der Waals surface area (Å²) in [6.45, 7) is 3.05. The van der Waals surface area contributed by atoms with Gasteiger partial charge in [0.05, 0.1) is 22.7 Å². The highest BCUT2D eigenvalue weighted by molar-refractivity contribution is 7.12. The zero-order valence-corrected chi connectivity index (χ0v) is 19.0. The zero-order chi connectivity index (χ0) is 23.0. The van der Waals surface area contributed by atoms with E-state index in [0.29, 0.717) is 44.0 Å². The molecule has 1 aliphatic heterocycles. The number of hydrogen-bond donors (Lipinski definition) is 2. The third-order valence-corrected chi connectivity index (χ3v) is 6.36. The third kappa shape index (κ3) is 6.06. The number of anilines is 1. The van der Waals surface area contributed by atoms with Gasteiger partial charge in [-0.1, -0.05) is 48.5 Å². The Balaban J connectivity index is 1.28. The molecule has 0 bridgehead atoms. The number of hydrogen-bond acceptors (Lipinski definition) is 5. The molecule has 3 aromatic rings. The van der Waals surface area contributed by atoms with Gasteiger partial charge in [-0.05, 0) is 29.1 Å². The minimum atomic E-state index is -0.240. The van der Waals surface area contributed by atoms with Gasteiger partial charge in [-0.3, -0.25) is 19.3 Å². The van der Waals surface area contributed by atoms with Crippen molar-refractivity contribution >= 4 is 34.7 Å². The molecule has 2 N–H and O–H groups in total. The SMILES string of the molecule is O=C(CN1CCN(C(=O)c2cccs2)CC1)Nc1ccccc1C(=O)NCc1ccccc1. The van der Waals surface area contributed by atoms with Crippen molar-refractivity contribution in [2.45, 2.75) is 6.54 Å². The molecule has 8 heteroatoms. The van der Waals surface area contributed by atoms with Gasteiger partial charge in [0.2, 0.25) is 5.91 Å². The van der Waals surface area contributed by atoms with E-state index in [1.54, 1.807) is 24.3 Å². The Morgan fingerprint density at radius 2 is 1.58 bits per heavy atom. The van der Waals surface area contributed by atoms with Crippen LogP contribution in [-0.2, 0) is 11.3 Å². The van der Waals surface area contributed by atoms with Crippen molar-refractivity contribution in [3.05, 3.63) is 88.1 Å². The van der Waals surface area contributed by atoms with Crippen LogP contribution in [0.4, 0.5) is 5.69 Å². The average molecular weight is 463 g/mol. The third-order valence-electron chi connectivity index (χ3n) is 5.50. The first-order valence-electron chi connectivity index (χ1n) is 10.9. The Labute approximate surface area is 197 Å². The predicted molar refractivity (Wildman–Crippen MR) is 129 cm³/mol. The lowest BCUT2D eigenvalue weighted by molar-refractivity contribution is -0.117. The first kappa shape index (κ1) is 22.7. The van der Waals surface area contributed by atoms with Crippen molar-refractivity contribution in [2.24, 2.45) is 0 Å². The minimum absolute atomic E-state index is 0.0459. The maximum atomic E-state index is 12.7. The molecule has 1 fully saturated rings. The quantitative estimate of drug-likeness (QED) is 0.566. The number of amides is 3. The molecule has 0 saturated carbocycles. The van der Waals surface area contributed by atoms with Gasteiger partial charge in [-0.15, -0.1) is 11.3 Å². The first-order chi connectivity index (χ1) is 16.1. The largest absolute Gasteiger partial charge is 0.348 e. The standard InChI is InChI=1S/C25H26N4O3S/c30-23(18-28-12-14-29(15-13-28)25(32)22-11-6-16-33-22)27-21-10-5-4-9-20(21)24(31)26-17-19-7-2-1-3-8-19/h1-11,16H,12-15,17-18H2,(H,26,31)(H,27,30). The van der Waals surface area contributed by atoms with Crippen LogP contribution in [0.1, 0.15) is 25.6 Å². The normalized spacial score (nSPS) is 14.0. The molecule has 2 heterocycles. The molecule has 0 spiro atoms. The molecular formula is C25H26N4O3S. The maximum Gasteiger partial charge on any atom is 0.264 e. The van der Waals surface area contributed by atoms with Gasteiger partial charge in [0.15, 0.2) is 0 Å². The summed E-state index contributed by atoms with van der Waals surface area (Å²) in [5, 5.41) is 7.67. The number of carbonyl (C=O) groups is 3. The number of benzene rings is 2. The van der Waals surface area contributed by atoms with Gasteiger partial charge >= 0.3 is 0 Å². The van der Waals surface area contributed by atoms with E-state index < -0.39 is 0 Å². The van der Waals surface area contributed by atoms with Crippen LogP contribution in [0, 0.1) is 0 Å². The molecule has 170 valence electrons. The van der Waals surface area contributed by atoms with Gasteiger partial charge in [0.25, 0.3) is 11.8 Å². The van der Waals surface area contributed by atoms with Gasteiger partial charge < -0.3 is 15.5 Å². The second-order valence-electron chi connectivity index (χ2n) is 7.81. The fourth-order valence-electron chi connectivity index (χ4n) is 3.72. The monoisotopic (exact) mass is 462 g/mol. The fraction of sp³-hybridized carbons (Fsp3) is 0.240. The smallest absolute Gasteiger partial charge is 0.264 e. The molecule has 2 aromatic carbocycles. The van der Waals surface area contributed by atoms with Crippen LogP contribution >= 0.6 is 11.3 Å². The summed E-state index contributed by atoms with van der Waals surface area (Å²) in [5.74, 6) is -0.378. The number of piperazine rings is 1. The highest BCUT2D eigenvalue weighted by Gasteiger charge is 2.24.